The zero-order chi connectivity index (χ0) is 22.2. The first kappa shape index (κ1) is 21.5. The number of rotatable bonds is 4. The van der Waals surface area contributed by atoms with Crippen molar-refractivity contribution >= 4 is 50.7 Å². The van der Waals surface area contributed by atoms with Gasteiger partial charge in [0, 0.05) is 36.7 Å². The lowest BCUT2D eigenvalue weighted by molar-refractivity contribution is -0.128. The van der Waals surface area contributed by atoms with Crippen LogP contribution >= 0.6 is 23.1 Å². The number of aromatic nitrogens is 2. The largest absolute Gasteiger partial charge is 0.383 e. The van der Waals surface area contributed by atoms with Crippen LogP contribution in [0.15, 0.2) is 29.4 Å². The third-order valence-electron chi connectivity index (χ3n) is 6.31. The van der Waals surface area contributed by atoms with Crippen LogP contribution < -0.4 is 10.6 Å². The molecular formula is C23H26FN5OS2. The summed E-state index contributed by atoms with van der Waals surface area (Å²) in [5, 5.41) is 1.59. The van der Waals surface area contributed by atoms with Gasteiger partial charge in [-0.25, -0.2) is 14.4 Å². The molecule has 1 aliphatic carbocycles. The van der Waals surface area contributed by atoms with Crippen LogP contribution in [0, 0.1) is 11.7 Å². The lowest BCUT2D eigenvalue weighted by Gasteiger charge is -2.36. The van der Waals surface area contributed by atoms with E-state index in [0.717, 1.165) is 41.8 Å². The Morgan fingerprint density at radius 3 is 2.72 bits per heavy atom. The van der Waals surface area contributed by atoms with Crippen LogP contribution in [0.4, 0.5) is 15.9 Å². The molecule has 0 spiro atoms. The smallest absolute Gasteiger partial charge is 0.233 e. The summed E-state index contributed by atoms with van der Waals surface area (Å²) in [5.74, 6) is 1.36. The lowest BCUT2D eigenvalue weighted by atomic mass is 9.89. The maximum Gasteiger partial charge on any atom is 0.233 e. The number of carbonyl (C=O) groups is 1. The van der Waals surface area contributed by atoms with E-state index in [1.54, 1.807) is 23.5 Å². The number of halogens is 1. The summed E-state index contributed by atoms with van der Waals surface area (Å²) < 4.78 is 13.1. The third kappa shape index (κ3) is 4.28. The van der Waals surface area contributed by atoms with Gasteiger partial charge in [0.1, 0.15) is 16.5 Å². The van der Waals surface area contributed by atoms with Crippen LogP contribution in [0.3, 0.4) is 0 Å². The van der Waals surface area contributed by atoms with Crippen molar-refractivity contribution in [2.24, 2.45) is 5.92 Å². The van der Waals surface area contributed by atoms with Gasteiger partial charge >= 0.3 is 0 Å². The first-order valence-corrected chi connectivity index (χ1v) is 12.8. The van der Waals surface area contributed by atoms with Crippen LogP contribution in [-0.4, -0.2) is 52.7 Å². The zero-order valence-corrected chi connectivity index (χ0v) is 19.6. The van der Waals surface area contributed by atoms with Crippen molar-refractivity contribution in [2.75, 3.05) is 42.6 Å². The number of nitrogen functional groups attached to an aromatic ring is 1. The number of carbonyl (C=O) groups excluding carboxylic acids is 1. The number of benzene rings is 1. The molecular weight excluding hydrogens is 445 g/mol. The van der Waals surface area contributed by atoms with Gasteiger partial charge < -0.3 is 15.5 Å². The molecule has 1 fully saturated rings. The summed E-state index contributed by atoms with van der Waals surface area (Å²) in [4.78, 5) is 28.4. The predicted octanol–water partition coefficient (Wildman–Crippen LogP) is 3.98. The molecule has 1 amide bonds. The van der Waals surface area contributed by atoms with E-state index < -0.39 is 0 Å². The first-order valence-electron chi connectivity index (χ1n) is 11.0. The highest BCUT2D eigenvalue weighted by Crippen LogP contribution is 2.40. The molecule has 1 saturated heterocycles. The van der Waals surface area contributed by atoms with E-state index in [4.69, 9.17) is 10.7 Å². The van der Waals surface area contributed by atoms with Crippen molar-refractivity contribution in [3.63, 3.8) is 0 Å². The minimum Gasteiger partial charge on any atom is -0.383 e. The molecule has 0 saturated carbocycles. The molecule has 3 aromatic rings. The Morgan fingerprint density at radius 1 is 1.22 bits per heavy atom. The second kappa shape index (κ2) is 8.86. The lowest BCUT2D eigenvalue weighted by Crippen LogP contribution is -2.49. The van der Waals surface area contributed by atoms with E-state index in [1.165, 1.54) is 40.8 Å². The fourth-order valence-corrected chi connectivity index (χ4v) is 6.70. The second-order valence-electron chi connectivity index (χ2n) is 8.56. The Morgan fingerprint density at radius 2 is 1.97 bits per heavy atom. The fourth-order valence-electron chi connectivity index (χ4n) is 4.50. The molecule has 2 aliphatic rings. The summed E-state index contributed by atoms with van der Waals surface area (Å²) in [5.41, 5.74) is 8.62. The van der Waals surface area contributed by atoms with Crippen LogP contribution in [0.2, 0.25) is 0 Å². The van der Waals surface area contributed by atoms with Crippen molar-refractivity contribution < 1.29 is 9.18 Å². The van der Waals surface area contributed by atoms with Gasteiger partial charge in [-0.3, -0.25) is 4.79 Å². The normalized spacial score (nSPS) is 18.8. The van der Waals surface area contributed by atoms with Gasteiger partial charge in [0.25, 0.3) is 0 Å². The second-order valence-corrected chi connectivity index (χ2v) is 10.6. The third-order valence-corrected chi connectivity index (χ3v) is 8.29. The molecule has 0 bridgehead atoms. The Bertz CT molecular complexity index is 1140. The highest BCUT2D eigenvalue weighted by molar-refractivity contribution is 7.99. The standard InChI is InChI=1S/C23H26FN5OS2/c1-14-2-7-17-18(12-14)32-22-20(17)21(25)26-23(27-22)31-13-19(30)29-10-8-28(9-11-29)16-5-3-15(24)4-6-16/h3-6,14H,2,7-13H2,1H3,(H2,25,26,27). The summed E-state index contributed by atoms with van der Waals surface area (Å²) in [7, 11) is 0. The predicted molar refractivity (Wildman–Crippen MR) is 129 cm³/mol. The average molecular weight is 472 g/mol. The molecule has 6 nitrogen and oxygen atoms in total. The quantitative estimate of drug-likeness (QED) is 0.458. The van der Waals surface area contributed by atoms with Gasteiger partial charge in [-0.05, 0) is 55.0 Å². The van der Waals surface area contributed by atoms with Gasteiger partial charge in [-0.15, -0.1) is 11.3 Å². The number of thiophene rings is 1. The van der Waals surface area contributed by atoms with Crippen molar-refractivity contribution in [1.82, 2.24) is 14.9 Å². The summed E-state index contributed by atoms with van der Waals surface area (Å²) in [6.07, 6.45) is 3.30. The molecule has 1 unspecified atom stereocenters. The summed E-state index contributed by atoms with van der Waals surface area (Å²) in [6, 6.07) is 6.50. The van der Waals surface area contributed by atoms with Crippen molar-refractivity contribution in [3.05, 3.63) is 40.5 Å². The van der Waals surface area contributed by atoms with Crippen LogP contribution in [0.5, 0.6) is 0 Å². The molecule has 5 rings (SSSR count). The molecule has 2 aromatic heterocycles. The SMILES string of the molecule is CC1CCc2c(sc3nc(SCC(=O)N4CCN(c5ccc(F)cc5)CC4)nc(N)c23)C1. The minimum absolute atomic E-state index is 0.0790. The molecule has 32 heavy (non-hydrogen) atoms. The van der Waals surface area contributed by atoms with Gasteiger partial charge in [-0.2, -0.15) is 0 Å². The molecule has 2 N–H and O–H groups in total. The molecule has 0 radical (unpaired) electrons. The van der Waals surface area contributed by atoms with Gasteiger partial charge in [-0.1, -0.05) is 18.7 Å². The van der Waals surface area contributed by atoms with Crippen molar-refractivity contribution in [3.8, 4) is 0 Å². The van der Waals surface area contributed by atoms with Gasteiger partial charge in [0.15, 0.2) is 5.16 Å². The number of thioether (sulfide) groups is 1. The van der Waals surface area contributed by atoms with Crippen LogP contribution in [0.25, 0.3) is 10.2 Å². The summed E-state index contributed by atoms with van der Waals surface area (Å²) in [6.45, 7) is 5.05. The highest BCUT2D eigenvalue weighted by Gasteiger charge is 2.25. The van der Waals surface area contributed by atoms with E-state index in [0.29, 0.717) is 35.7 Å². The van der Waals surface area contributed by atoms with Gasteiger partial charge in [0.05, 0.1) is 11.1 Å². The fraction of sp³-hybridized carbons (Fsp3) is 0.435. The number of nitrogens with zero attached hydrogens (tertiary/aromatic N) is 4. The summed E-state index contributed by atoms with van der Waals surface area (Å²) >= 11 is 3.08. The monoisotopic (exact) mass is 471 g/mol. The van der Waals surface area contributed by atoms with E-state index in [9.17, 15) is 9.18 Å². The van der Waals surface area contributed by atoms with Crippen LogP contribution in [0.1, 0.15) is 23.8 Å². The highest BCUT2D eigenvalue weighted by atomic mass is 32.2. The molecule has 1 atom stereocenters. The maximum absolute atomic E-state index is 13.1. The van der Waals surface area contributed by atoms with Crippen molar-refractivity contribution in [2.45, 2.75) is 31.3 Å². The topological polar surface area (TPSA) is 75.4 Å². The molecule has 9 heteroatoms. The average Bonchev–Trinajstić information content (AvgIpc) is 3.16. The zero-order valence-electron chi connectivity index (χ0n) is 18.0. The minimum atomic E-state index is -0.238. The Hall–Kier alpha value is -2.39. The number of amides is 1. The maximum atomic E-state index is 13.1. The van der Waals surface area contributed by atoms with E-state index in [-0.39, 0.29) is 11.7 Å². The number of aryl methyl sites for hydroxylation is 1. The molecule has 3 heterocycles. The number of anilines is 2. The van der Waals surface area contributed by atoms with E-state index >= 15 is 0 Å². The molecule has 1 aromatic carbocycles. The van der Waals surface area contributed by atoms with Crippen LogP contribution in [-0.2, 0) is 17.6 Å². The number of piperazine rings is 1. The number of fused-ring (bicyclic) bond motifs is 3. The van der Waals surface area contributed by atoms with E-state index in [2.05, 4.69) is 16.8 Å². The Balaban J connectivity index is 1.20. The van der Waals surface area contributed by atoms with E-state index in [1.807, 2.05) is 4.90 Å². The Labute approximate surface area is 195 Å². The molecule has 1 aliphatic heterocycles. The van der Waals surface area contributed by atoms with Gasteiger partial charge in [0.2, 0.25) is 5.91 Å². The van der Waals surface area contributed by atoms with Crippen molar-refractivity contribution in [1.29, 1.82) is 0 Å². The first-order chi connectivity index (χ1) is 15.5. The number of nitrogens with two attached hydrogens (primary N) is 1. The number of hydrogen-bond donors (Lipinski definition) is 1. The molecule has 168 valence electrons. The Kier molecular flexibility index (Phi) is 5.94. The number of hydrogen-bond acceptors (Lipinski definition) is 7.